The number of para-hydroxylation sites is 1. The standard InChI is InChI=1S/C19H27N5/c1-13(2)19-22-18-10-9-14(12-24(18)23-19)21-17-8-5-11-20-16-7-4-3-6-15(16)17/h3-4,6-7,13-14,17,20-21H,5,8-12H2,1-2H3. The molecular formula is C19H27N5. The molecule has 2 aliphatic heterocycles. The number of nitrogens with one attached hydrogen (secondary N) is 2. The quantitative estimate of drug-likeness (QED) is 0.909. The van der Waals surface area contributed by atoms with Crippen LogP contribution in [0.4, 0.5) is 5.69 Å². The Morgan fingerprint density at radius 1 is 1.25 bits per heavy atom. The van der Waals surface area contributed by atoms with Crippen LogP contribution in [0.3, 0.4) is 0 Å². The summed E-state index contributed by atoms with van der Waals surface area (Å²) in [5, 5.41) is 12.2. The third-order valence-corrected chi connectivity index (χ3v) is 5.15. The number of hydrogen-bond acceptors (Lipinski definition) is 4. The minimum atomic E-state index is 0.398. The van der Waals surface area contributed by atoms with Crippen molar-refractivity contribution in [3.05, 3.63) is 41.5 Å². The van der Waals surface area contributed by atoms with Crippen molar-refractivity contribution < 1.29 is 0 Å². The molecule has 3 heterocycles. The summed E-state index contributed by atoms with van der Waals surface area (Å²) in [5.41, 5.74) is 2.69. The lowest BCUT2D eigenvalue weighted by molar-refractivity contribution is 0.319. The summed E-state index contributed by atoms with van der Waals surface area (Å²) in [6.07, 6.45) is 4.54. The van der Waals surface area contributed by atoms with Crippen LogP contribution in [0.25, 0.3) is 0 Å². The van der Waals surface area contributed by atoms with E-state index in [1.54, 1.807) is 0 Å². The lowest BCUT2D eigenvalue weighted by atomic mass is 9.99. The van der Waals surface area contributed by atoms with Gasteiger partial charge in [0, 0.05) is 36.7 Å². The van der Waals surface area contributed by atoms with Gasteiger partial charge >= 0.3 is 0 Å². The predicted molar refractivity (Wildman–Crippen MR) is 96.3 cm³/mol. The first-order chi connectivity index (χ1) is 11.7. The van der Waals surface area contributed by atoms with E-state index < -0.39 is 0 Å². The maximum atomic E-state index is 4.71. The van der Waals surface area contributed by atoms with Crippen LogP contribution >= 0.6 is 0 Å². The molecular weight excluding hydrogens is 298 g/mol. The maximum Gasteiger partial charge on any atom is 0.153 e. The van der Waals surface area contributed by atoms with Gasteiger partial charge in [-0.05, 0) is 30.9 Å². The molecule has 5 heteroatoms. The first-order valence-electron chi connectivity index (χ1n) is 9.23. The van der Waals surface area contributed by atoms with Crippen LogP contribution in [0.5, 0.6) is 0 Å². The molecule has 0 bridgehead atoms. The molecule has 0 fully saturated rings. The Bertz CT molecular complexity index is 706. The number of hydrogen-bond donors (Lipinski definition) is 2. The van der Waals surface area contributed by atoms with Crippen LogP contribution in [0.15, 0.2) is 24.3 Å². The third-order valence-electron chi connectivity index (χ3n) is 5.15. The first-order valence-corrected chi connectivity index (χ1v) is 9.23. The SMILES string of the molecule is CC(C)c1nc2n(n1)CC(NC1CCCNc3ccccc31)CC2. The van der Waals surface area contributed by atoms with Gasteiger partial charge in [0.05, 0.1) is 6.54 Å². The fraction of sp³-hybridized carbons (Fsp3) is 0.579. The van der Waals surface area contributed by atoms with E-state index in [0.29, 0.717) is 18.0 Å². The van der Waals surface area contributed by atoms with E-state index >= 15 is 0 Å². The fourth-order valence-corrected chi connectivity index (χ4v) is 3.81. The van der Waals surface area contributed by atoms with E-state index in [1.165, 1.54) is 24.1 Å². The number of rotatable bonds is 3. The summed E-state index contributed by atoms with van der Waals surface area (Å²) in [6.45, 7) is 6.31. The van der Waals surface area contributed by atoms with Crippen LogP contribution in [0.2, 0.25) is 0 Å². The van der Waals surface area contributed by atoms with Crippen molar-refractivity contribution in [2.24, 2.45) is 0 Å². The smallest absolute Gasteiger partial charge is 0.153 e. The highest BCUT2D eigenvalue weighted by Crippen LogP contribution is 2.30. The first kappa shape index (κ1) is 15.6. The molecule has 2 unspecified atom stereocenters. The molecule has 0 amide bonds. The number of nitrogens with zero attached hydrogens (tertiary/aromatic N) is 3. The van der Waals surface area contributed by atoms with E-state index in [9.17, 15) is 0 Å². The van der Waals surface area contributed by atoms with Crippen LogP contribution in [0, 0.1) is 0 Å². The summed E-state index contributed by atoms with van der Waals surface area (Å²) in [7, 11) is 0. The highest BCUT2D eigenvalue weighted by Gasteiger charge is 2.26. The summed E-state index contributed by atoms with van der Waals surface area (Å²) >= 11 is 0. The number of benzene rings is 1. The number of aryl methyl sites for hydroxylation is 1. The van der Waals surface area contributed by atoms with E-state index in [0.717, 1.165) is 37.6 Å². The molecule has 2 atom stereocenters. The Kier molecular flexibility index (Phi) is 4.27. The molecule has 0 spiro atoms. The van der Waals surface area contributed by atoms with Gasteiger partial charge in [-0.25, -0.2) is 9.67 Å². The summed E-state index contributed by atoms with van der Waals surface area (Å²) in [6, 6.07) is 9.61. The Labute approximate surface area is 143 Å². The molecule has 5 nitrogen and oxygen atoms in total. The number of aromatic nitrogens is 3. The molecule has 2 N–H and O–H groups in total. The molecule has 0 aliphatic carbocycles. The van der Waals surface area contributed by atoms with Gasteiger partial charge in [-0.1, -0.05) is 32.0 Å². The zero-order valence-corrected chi connectivity index (χ0v) is 14.6. The fourth-order valence-electron chi connectivity index (χ4n) is 3.81. The Balaban J connectivity index is 1.50. The van der Waals surface area contributed by atoms with Crippen molar-refractivity contribution >= 4 is 5.69 Å². The second kappa shape index (κ2) is 6.55. The Morgan fingerprint density at radius 3 is 3.00 bits per heavy atom. The van der Waals surface area contributed by atoms with Crippen LogP contribution < -0.4 is 10.6 Å². The van der Waals surface area contributed by atoms with Gasteiger partial charge in [-0.15, -0.1) is 0 Å². The van der Waals surface area contributed by atoms with Gasteiger partial charge in [0.25, 0.3) is 0 Å². The van der Waals surface area contributed by atoms with Crippen molar-refractivity contribution in [2.75, 3.05) is 11.9 Å². The summed E-state index contributed by atoms with van der Waals surface area (Å²) < 4.78 is 2.12. The Hall–Kier alpha value is -1.88. The minimum absolute atomic E-state index is 0.398. The monoisotopic (exact) mass is 325 g/mol. The van der Waals surface area contributed by atoms with E-state index in [4.69, 9.17) is 10.1 Å². The maximum absolute atomic E-state index is 4.71. The van der Waals surface area contributed by atoms with Crippen molar-refractivity contribution in [3.63, 3.8) is 0 Å². The van der Waals surface area contributed by atoms with Crippen LogP contribution in [-0.4, -0.2) is 27.4 Å². The second-order valence-electron chi connectivity index (χ2n) is 7.33. The van der Waals surface area contributed by atoms with Gasteiger partial charge in [-0.3, -0.25) is 0 Å². The average molecular weight is 325 g/mol. The van der Waals surface area contributed by atoms with E-state index in [1.807, 2.05) is 0 Å². The van der Waals surface area contributed by atoms with Gasteiger partial charge in [0.2, 0.25) is 0 Å². The number of fused-ring (bicyclic) bond motifs is 2. The Morgan fingerprint density at radius 2 is 2.12 bits per heavy atom. The zero-order chi connectivity index (χ0) is 16.5. The van der Waals surface area contributed by atoms with Crippen LogP contribution in [0.1, 0.15) is 62.3 Å². The zero-order valence-electron chi connectivity index (χ0n) is 14.6. The van der Waals surface area contributed by atoms with Gasteiger partial charge < -0.3 is 10.6 Å². The molecule has 1 aromatic heterocycles. The molecule has 0 saturated heterocycles. The minimum Gasteiger partial charge on any atom is -0.385 e. The molecule has 0 radical (unpaired) electrons. The topological polar surface area (TPSA) is 54.8 Å². The van der Waals surface area contributed by atoms with Gasteiger partial charge in [0.15, 0.2) is 5.82 Å². The lowest BCUT2D eigenvalue weighted by Crippen LogP contribution is -2.40. The van der Waals surface area contributed by atoms with Crippen molar-refractivity contribution in [1.29, 1.82) is 0 Å². The summed E-state index contributed by atoms with van der Waals surface area (Å²) in [4.78, 5) is 4.70. The molecule has 2 aromatic rings. The molecule has 4 rings (SSSR count). The van der Waals surface area contributed by atoms with Crippen molar-refractivity contribution in [3.8, 4) is 0 Å². The second-order valence-corrected chi connectivity index (χ2v) is 7.33. The predicted octanol–water partition coefficient (Wildman–Crippen LogP) is 3.25. The van der Waals surface area contributed by atoms with E-state index in [2.05, 4.69) is 53.4 Å². The average Bonchev–Trinajstić information content (AvgIpc) is 2.91. The highest BCUT2D eigenvalue weighted by atomic mass is 15.4. The van der Waals surface area contributed by atoms with Crippen molar-refractivity contribution in [1.82, 2.24) is 20.1 Å². The molecule has 24 heavy (non-hydrogen) atoms. The van der Waals surface area contributed by atoms with Crippen molar-refractivity contribution in [2.45, 2.75) is 64.1 Å². The van der Waals surface area contributed by atoms with Crippen LogP contribution in [-0.2, 0) is 13.0 Å². The highest BCUT2D eigenvalue weighted by molar-refractivity contribution is 5.53. The normalized spacial score (nSPS) is 23.3. The lowest BCUT2D eigenvalue weighted by Gasteiger charge is -2.29. The molecule has 1 aromatic carbocycles. The summed E-state index contributed by atoms with van der Waals surface area (Å²) in [5.74, 6) is 2.53. The number of anilines is 1. The molecule has 128 valence electrons. The molecule has 2 aliphatic rings. The van der Waals surface area contributed by atoms with Gasteiger partial charge in [0.1, 0.15) is 5.82 Å². The third kappa shape index (κ3) is 3.05. The largest absolute Gasteiger partial charge is 0.385 e. The molecule has 0 saturated carbocycles. The van der Waals surface area contributed by atoms with Gasteiger partial charge in [-0.2, -0.15) is 5.10 Å². The van der Waals surface area contributed by atoms with E-state index in [-0.39, 0.29) is 0 Å².